The summed E-state index contributed by atoms with van der Waals surface area (Å²) in [5.41, 5.74) is 1.22. The van der Waals surface area contributed by atoms with Crippen LogP contribution in [0, 0.1) is 11.8 Å². The molecule has 1 aliphatic carbocycles. The monoisotopic (exact) mass is 463 g/mol. The second-order valence-corrected chi connectivity index (χ2v) is 9.28. The molecule has 0 bridgehead atoms. The van der Waals surface area contributed by atoms with Crippen LogP contribution in [0.2, 0.25) is 0 Å². The Morgan fingerprint density at radius 1 is 0.970 bits per heavy atom. The van der Waals surface area contributed by atoms with Crippen LogP contribution in [0.3, 0.4) is 0 Å². The summed E-state index contributed by atoms with van der Waals surface area (Å²) < 4.78 is 49.8. The van der Waals surface area contributed by atoms with E-state index in [4.69, 9.17) is 9.47 Å². The number of hydrogen-bond donors (Lipinski definition) is 0. The highest BCUT2D eigenvalue weighted by molar-refractivity contribution is 5.84. The van der Waals surface area contributed by atoms with Gasteiger partial charge in [0.25, 0.3) is 0 Å². The first-order valence-corrected chi connectivity index (χ1v) is 12.0. The molecule has 33 heavy (non-hydrogen) atoms. The maximum atomic E-state index is 12.9. The summed E-state index contributed by atoms with van der Waals surface area (Å²) >= 11 is 0. The van der Waals surface area contributed by atoms with Crippen molar-refractivity contribution in [3.05, 3.63) is 42.0 Å². The fourth-order valence-electron chi connectivity index (χ4n) is 4.99. The molecule has 7 heteroatoms. The molecule has 0 N–H and O–H groups in total. The number of esters is 1. The van der Waals surface area contributed by atoms with Gasteiger partial charge in [0, 0.05) is 6.54 Å². The van der Waals surface area contributed by atoms with Crippen molar-refractivity contribution >= 4 is 16.7 Å². The van der Waals surface area contributed by atoms with Gasteiger partial charge in [-0.05, 0) is 93.1 Å². The molecule has 1 saturated heterocycles. The van der Waals surface area contributed by atoms with Crippen molar-refractivity contribution < 1.29 is 27.4 Å². The van der Waals surface area contributed by atoms with Crippen molar-refractivity contribution in [2.75, 3.05) is 19.7 Å². The van der Waals surface area contributed by atoms with E-state index in [-0.39, 0.29) is 30.8 Å². The number of ether oxygens (including phenoxy) is 2. The van der Waals surface area contributed by atoms with Crippen molar-refractivity contribution in [2.24, 2.45) is 11.8 Å². The number of likely N-dealkylation sites (tertiary alicyclic amines) is 1. The summed E-state index contributed by atoms with van der Waals surface area (Å²) in [5, 5.41) is 2.17. The van der Waals surface area contributed by atoms with Gasteiger partial charge < -0.3 is 9.47 Å². The third-order valence-electron chi connectivity index (χ3n) is 6.93. The van der Waals surface area contributed by atoms with Gasteiger partial charge in [-0.1, -0.05) is 18.2 Å². The van der Waals surface area contributed by atoms with Gasteiger partial charge in [-0.15, -0.1) is 0 Å². The average molecular weight is 464 g/mol. The maximum Gasteiger partial charge on any atom is 0.391 e. The summed E-state index contributed by atoms with van der Waals surface area (Å²) in [5.74, 6) is -0.538. The molecule has 0 radical (unpaired) electrons. The van der Waals surface area contributed by atoms with Gasteiger partial charge in [-0.2, -0.15) is 13.2 Å². The highest BCUT2D eigenvalue weighted by Gasteiger charge is 2.41. The van der Waals surface area contributed by atoms with Crippen LogP contribution in [0.25, 0.3) is 10.8 Å². The highest BCUT2D eigenvalue weighted by Crippen LogP contribution is 2.38. The molecule has 0 spiro atoms. The first kappa shape index (κ1) is 23.9. The zero-order chi connectivity index (χ0) is 23.4. The predicted octanol–water partition coefficient (Wildman–Crippen LogP) is 6.11. The van der Waals surface area contributed by atoms with Gasteiger partial charge in [0.2, 0.25) is 0 Å². The molecule has 2 aromatic carbocycles. The van der Waals surface area contributed by atoms with E-state index in [1.54, 1.807) is 0 Å². The number of halogens is 3. The number of piperidine rings is 1. The van der Waals surface area contributed by atoms with E-state index < -0.39 is 12.1 Å². The summed E-state index contributed by atoms with van der Waals surface area (Å²) in [4.78, 5) is 14.3. The molecular weight excluding hydrogens is 431 g/mol. The Morgan fingerprint density at radius 3 is 2.30 bits per heavy atom. The number of carbonyl (C=O) groups excluding carboxylic acids is 1. The molecule has 1 heterocycles. The van der Waals surface area contributed by atoms with Gasteiger partial charge in [0.1, 0.15) is 5.75 Å². The van der Waals surface area contributed by atoms with E-state index in [9.17, 15) is 18.0 Å². The standard InChI is InChI=1S/C26H32F3NO3/c1-2-32-25(31)19-11-13-30(14-12-19)17-18-3-4-21-16-24(8-5-20(21)15-18)33-23-9-6-22(7-10-23)26(27,28)29/h3-5,8,15-16,19,22-23H,2,6-7,9-14,17H2,1H3/t22-,23+. The summed E-state index contributed by atoms with van der Waals surface area (Å²) in [7, 11) is 0. The molecule has 0 amide bonds. The third kappa shape index (κ3) is 6.19. The molecule has 1 aliphatic heterocycles. The predicted molar refractivity (Wildman–Crippen MR) is 121 cm³/mol. The summed E-state index contributed by atoms with van der Waals surface area (Å²) in [6.45, 7) is 4.87. The van der Waals surface area contributed by atoms with Crippen LogP contribution in [0.4, 0.5) is 13.2 Å². The van der Waals surface area contributed by atoms with Crippen LogP contribution in [0.1, 0.15) is 51.0 Å². The number of nitrogens with zero attached hydrogens (tertiary/aromatic N) is 1. The molecular formula is C26H32F3NO3. The number of alkyl halides is 3. The fraction of sp³-hybridized carbons (Fsp3) is 0.577. The molecule has 180 valence electrons. The third-order valence-corrected chi connectivity index (χ3v) is 6.93. The number of fused-ring (bicyclic) bond motifs is 1. The van der Waals surface area contributed by atoms with Gasteiger partial charge in [0.05, 0.1) is 24.5 Å². The lowest BCUT2D eigenvalue weighted by atomic mass is 9.87. The van der Waals surface area contributed by atoms with Crippen LogP contribution >= 0.6 is 0 Å². The van der Waals surface area contributed by atoms with Gasteiger partial charge >= 0.3 is 12.1 Å². The van der Waals surface area contributed by atoms with E-state index >= 15 is 0 Å². The Bertz CT molecular complexity index is 945. The van der Waals surface area contributed by atoms with E-state index in [1.807, 2.05) is 25.1 Å². The fourth-order valence-corrected chi connectivity index (χ4v) is 4.99. The largest absolute Gasteiger partial charge is 0.490 e. The van der Waals surface area contributed by atoms with Crippen molar-refractivity contribution in [2.45, 2.75) is 64.3 Å². The lowest BCUT2D eigenvalue weighted by Gasteiger charge is -2.31. The highest BCUT2D eigenvalue weighted by atomic mass is 19.4. The zero-order valence-corrected chi connectivity index (χ0v) is 19.1. The number of rotatable bonds is 6. The van der Waals surface area contributed by atoms with Crippen LogP contribution in [-0.2, 0) is 16.1 Å². The van der Waals surface area contributed by atoms with Gasteiger partial charge in [-0.3, -0.25) is 9.69 Å². The minimum Gasteiger partial charge on any atom is -0.490 e. The number of benzene rings is 2. The van der Waals surface area contributed by atoms with E-state index in [0.29, 0.717) is 25.2 Å². The molecule has 4 nitrogen and oxygen atoms in total. The summed E-state index contributed by atoms with van der Waals surface area (Å²) in [6.07, 6.45) is -1.43. The second kappa shape index (κ2) is 10.3. The first-order chi connectivity index (χ1) is 15.8. The first-order valence-electron chi connectivity index (χ1n) is 12.0. The molecule has 2 fully saturated rings. The maximum absolute atomic E-state index is 12.9. The van der Waals surface area contributed by atoms with E-state index in [2.05, 4.69) is 23.1 Å². The normalized spacial score (nSPS) is 22.9. The lowest BCUT2D eigenvalue weighted by Crippen LogP contribution is -2.36. The van der Waals surface area contributed by atoms with Crippen LogP contribution in [0.5, 0.6) is 5.75 Å². The minimum absolute atomic E-state index is 0.0136. The topological polar surface area (TPSA) is 38.8 Å². The molecule has 1 saturated carbocycles. The Morgan fingerprint density at radius 2 is 1.64 bits per heavy atom. The van der Waals surface area contributed by atoms with Gasteiger partial charge in [-0.25, -0.2) is 0 Å². The molecule has 0 atom stereocenters. The van der Waals surface area contributed by atoms with Gasteiger partial charge in [0.15, 0.2) is 0 Å². The Labute approximate surface area is 193 Å². The summed E-state index contributed by atoms with van der Waals surface area (Å²) in [6, 6.07) is 12.3. The minimum atomic E-state index is -4.09. The lowest BCUT2D eigenvalue weighted by molar-refractivity contribution is -0.185. The molecule has 0 aromatic heterocycles. The van der Waals surface area contributed by atoms with Crippen LogP contribution in [0.15, 0.2) is 36.4 Å². The molecule has 2 aliphatic rings. The van der Waals surface area contributed by atoms with Crippen molar-refractivity contribution in [1.29, 1.82) is 0 Å². The Hall–Kier alpha value is -2.28. The van der Waals surface area contributed by atoms with Crippen LogP contribution in [-0.4, -0.2) is 42.8 Å². The molecule has 0 unspecified atom stereocenters. The second-order valence-electron chi connectivity index (χ2n) is 9.28. The Balaban J connectivity index is 1.31. The van der Waals surface area contributed by atoms with Crippen molar-refractivity contribution in [3.8, 4) is 5.75 Å². The SMILES string of the molecule is CCOC(=O)C1CCN(Cc2ccc3cc(O[C@H]4CC[C@@H](C(F)(F)F)CC4)ccc3c2)CC1. The Kier molecular flexibility index (Phi) is 7.47. The zero-order valence-electron chi connectivity index (χ0n) is 19.1. The van der Waals surface area contributed by atoms with Crippen molar-refractivity contribution in [1.82, 2.24) is 4.90 Å². The molecule has 4 rings (SSSR count). The quantitative estimate of drug-likeness (QED) is 0.484. The molecule has 2 aromatic rings. The number of hydrogen-bond acceptors (Lipinski definition) is 4. The van der Waals surface area contributed by atoms with Crippen LogP contribution < -0.4 is 4.74 Å². The average Bonchev–Trinajstić information content (AvgIpc) is 2.79. The van der Waals surface area contributed by atoms with E-state index in [1.165, 1.54) is 5.56 Å². The smallest absolute Gasteiger partial charge is 0.391 e. The van der Waals surface area contributed by atoms with E-state index in [0.717, 1.165) is 43.2 Å². The van der Waals surface area contributed by atoms with Crippen molar-refractivity contribution in [3.63, 3.8) is 0 Å². The number of carbonyl (C=O) groups is 1.